The van der Waals surface area contributed by atoms with Crippen molar-refractivity contribution in [1.29, 1.82) is 0 Å². The van der Waals surface area contributed by atoms with Gasteiger partial charge in [-0.3, -0.25) is 4.79 Å². The summed E-state index contributed by atoms with van der Waals surface area (Å²) in [4.78, 5) is 22.5. The average Bonchev–Trinajstić information content (AvgIpc) is 2.45. The minimum absolute atomic E-state index is 0.0933. The van der Waals surface area contributed by atoms with E-state index >= 15 is 0 Å². The van der Waals surface area contributed by atoms with Crippen molar-refractivity contribution in [3.8, 4) is 0 Å². The maximum Gasteiger partial charge on any atom is 0.337 e. The van der Waals surface area contributed by atoms with Gasteiger partial charge in [0.1, 0.15) is 0 Å². The Labute approximate surface area is 112 Å². The summed E-state index contributed by atoms with van der Waals surface area (Å²) in [6.45, 7) is 2.03. The Balaban J connectivity index is 2.49. The van der Waals surface area contributed by atoms with Crippen molar-refractivity contribution in [3.63, 3.8) is 0 Å². The third kappa shape index (κ3) is 5.33. The van der Waals surface area contributed by atoms with Crippen molar-refractivity contribution in [2.75, 3.05) is 7.11 Å². The van der Waals surface area contributed by atoms with Gasteiger partial charge >= 0.3 is 5.97 Å². The molecule has 0 aromatic heterocycles. The SMILES string of the molecule is CCCCC(=O)NN=Cc1ccc(C(=O)OC)cc1. The Hall–Kier alpha value is -2.17. The number of nitrogens with one attached hydrogen (secondary N) is 1. The van der Waals surface area contributed by atoms with E-state index in [1.807, 2.05) is 6.92 Å². The van der Waals surface area contributed by atoms with E-state index < -0.39 is 0 Å². The van der Waals surface area contributed by atoms with Crippen LogP contribution in [0.1, 0.15) is 42.1 Å². The standard InChI is InChI=1S/C14H18N2O3/c1-3-4-5-13(17)16-15-10-11-6-8-12(9-7-11)14(18)19-2/h6-10H,3-5H2,1-2H3,(H,16,17). The van der Waals surface area contributed by atoms with E-state index in [4.69, 9.17) is 0 Å². The zero-order valence-electron chi connectivity index (χ0n) is 11.2. The summed E-state index contributed by atoms with van der Waals surface area (Å²) < 4.78 is 4.60. The molecule has 1 amide bonds. The van der Waals surface area contributed by atoms with Gasteiger partial charge in [0.25, 0.3) is 0 Å². The van der Waals surface area contributed by atoms with E-state index in [0.717, 1.165) is 18.4 Å². The topological polar surface area (TPSA) is 67.8 Å². The molecule has 5 heteroatoms. The molecule has 102 valence electrons. The number of carbonyl (C=O) groups is 2. The van der Waals surface area contributed by atoms with Gasteiger partial charge in [0, 0.05) is 6.42 Å². The lowest BCUT2D eigenvalue weighted by atomic mass is 10.1. The van der Waals surface area contributed by atoms with Crippen LogP contribution in [-0.4, -0.2) is 25.2 Å². The Morgan fingerprint density at radius 2 is 2.00 bits per heavy atom. The summed E-state index contributed by atoms with van der Waals surface area (Å²) >= 11 is 0. The fourth-order valence-corrected chi connectivity index (χ4v) is 1.40. The summed E-state index contributed by atoms with van der Waals surface area (Å²) in [5, 5.41) is 3.85. The van der Waals surface area contributed by atoms with E-state index in [-0.39, 0.29) is 11.9 Å². The van der Waals surface area contributed by atoms with Gasteiger partial charge in [0.05, 0.1) is 18.9 Å². The van der Waals surface area contributed by atoms with Gasteiger partial charge in [-0.25, -0.2) is 10.2 Å². The van der Waals surface area contributed by atoms with Gasteiger partial charge in [0.15, 0.2) is 0 Å². The first-order valence-corrected chi connectivity index (χ1v) is 6.17. The Morgan fingerprint density at radius 3 is 2.58 bits per heavy atom. The van der Waals surface area contributed by atoms with Crippen molar-refractivity contribution in [3.05, 3.63) is 35.4 Å². The van der Waals surface area contributed by atoms with E-state index in [1.54, 1.807) is 24.3 Å². The molecule has 5 nitrogen and oxygen atoms in total. The fourth-order valence-electron chi connectivity index (χ4n) is 1.40. The molecule has 0 saturated carbocycles. The molecule has 1 rings (SSSR count). The number of amides is 1. The van der Waals surface area contributed by atoms with Gasteiger partial charge in [0.2, 0.25) is 5.91 Å². The third-order valence-electron chi connectivity index (χ3n) is 2.49. The normalized spacial score (nSPS) is 10.4. The lowest BCUT2D eigenvalue weighted by Gasteiger charge is -2.00. The molecule has 0 aliphatic carbocycles. The van der Waals surface area contributed by atoms with Crippen LogP contribution in [0.2, 0.25) is 0 Å². The number of rotatable bonds is 6. The second-order valence-electron chi connectivity index (χ2n) is 4.01. The van der Waals surface area contributed by atoms with Crippen LogP contribution in [0.5, 0.6) is 0 Å². The predicted molar refractivity (Wildman–Crippen MR) is 73.0 cm³/mol. The number of hydrazone groups is 1. The van der Waals surface area contributed by atoms with Crippen molar-refractivity contribution in [2.45, 2.75) is 26.2 Å². The zero-order chi connectivity index (χ0) is 14.1. The Bertz CT molecular complexity index is 452. The highest BCUT2D eigenvalue weighted by Gasteiger charge is 2.03. The molecule has 0 atom stereocenters. The first-order chi connectivity index (χ1) is 9.17. The van der Waals surface area contributed by atoms with Crippen LogP contribution >= 0.6 is 0 Å². The van der Waals surface area contributed by atoms with Crippen molar-refractivity contribution in [2.24, 2.45) is 5.10 Å². The molecule has 0 aliphatic heterocycles. The Kier molecular flexibility index (Phi) is 6.29. The van der Waals surface area contributed by atoms with Crippen LogP contribution in [0.15, 0.2) is 29.4 Å². The van der Waals surface area contributed by atoms with Gasteiger partial charge in [-0.1, -0.05) is 25.5 Å². The number of ether oxygens (including phenoxy) is 1. The molecule has 0 spiro atoms. The number of hydrogen-bond donors (Lipinski definition) is 1. The van der Waals surface area contributed by atoms with Crippen molar-refractivity contribution < 1.29 is 14.3 Å². The molecule has 1 aromatic rings. The largest absolute Gasteiger partial charge is 0.465 e. The van der Waals surface area contributed by atoms with E-state index in [2.05, 4.69) is 15.3 Å². The van der Waals surface area contributed by atoms with Gasteiger partial charge < -0.3 is 4.74 Å². The second-order valence-corrected chi connectivity index (χ2v) is 4.01. The van der Waals surface area contributed by atoms with E-state index in [0.29, 0.717) is 12.0 Å². The van der Waals surface area contributed by atoms with Crippen LogP contribution in [0.3, 0.4) is 0 Å². The quantitative estimate of drug-likeness (QED) is 0.485. The second kappa shape index (κ2) is 8.02. The molecule has 1 aromatic carbocycles. The molecule has 0 fully saturated rings. The third-order valence-corrected chi connectivity index (χ3v) is 2.49. The monoisotopic (exact) mass is 262 g/mol. The minimum atomic E-state index is -0.378. The number of benzene rings is 1. The van der Waals surface area contributed by atoms with Crippen molar-refractivity contribution in [1.82, 2.24) is 5.43 Å². The van der Waals surface area contributed by atoms with Crippen LogP contribution < -0.4 is 5.43 Å². The highest BCUT2D eigenvalue weighted by atomic mass is 16.5. The number of esters is 1. The van der Waals surface area contributed by atoms with E-state index in [1.165, 1.54) is 13.3 Å². The maximum atomic E-state index is 11.3. The van der Waals surface area contributed by atoms with Gasteiger partial charge in [-0.15, -0.1) is 0 Å². The van der Waals surface area contributed by atoms with Crippen LogP contribution in [0.4, 0.5) is 0 Å². The minimum Gasteiger partial charge on any atom is -0.465 e. The molecule has 0 heterocycles. The van der Waals surface area contributed by atoms with Crippen LogP contribution in [-0.2, 0) is 9.53 Å². The summed E-state index contributed by atoms with van der Waals surface area (Å²) in [6.07, 6.45) is 3.85. The van der Waals surface area contributed by atoms with Gasteiger partial charge in [-0.2, -0.15) is 5.10 Å². The number of unbranched alkanes of at least 4 members (excludes halogenated alkanes) is 1. The fraction of sp³-hybridized carbons (Fsp3) is 0.357. The first kappa shape index (κ1) is 14.9. The summed E-state index contributed by atoms with van der Waals surface area (Å²) in [6, 6.07) is 6.75. The molecule has 0 radical (unpaired) electrons. The highest BCUT2D eigenvalue weighted by molar-refractivity contribution is 5.90. The lowest BCUT2D eigenvalue weighted by molar-refractivity contribution is -0.121. The lowest BCUT2D eigenvalue weighted by Crippen LogP contribution is -2.16. The predicted octanol–water partition coefficient (Wildman–Crippen LogP) is 2.11. The van der Waals surface area contributed by atoms with E-state index in [9.17, 15) is 9.59 Å². The average molecular weight is 262 g/mol. The number of carbonyl (C=O) groups excluding carboxylic acids is 2. The number of nitrogens with zero attached hydrogens (tertiary/aromatic N) is 1. The number of hydrogen-bond acceptors (Lipinski definition) is 4. The van der Waals surface area contributed by atoms with Crippen LogP contribution in [0.25, 0.3) is 0 Å². The number of methoxy groups -OCH3 is 1. The molecule has 0 bridgehead atoms. The summed E-state index contributed by atoms with van der Waals surface area (Å²) in [7, 11) is 1.34. The van der Waals surface area contributed by atoms with Crippen LogP contribution in [0, 0.1) is 0 Å². The summed E-state index contributed by atoms with van der Waals surface area (Å²) in [5.41, 5.74) is 3.73. The molecular weight excluding hydrogens is 244 g/mol. The molecular formula is C14H18N2O3. The zero-order valence-corrected chi connectivity index (χ0v) is 11.2. The molecule has 0 unspecified atom stereocenters. The summed E-state index contributed by atoms with van der Waals surface area (Å²) in [5.74, 6) is -0.472. The molecule has 0 aliphatic rings. The molecule has 19 heavy (non-hydrogen) atoms. The molecule has 0 saturated heterocycles. The van der Waals surface area contributed by atoms with Gasteiger partial charge in [-0.05, 0) is 24.1 Å². The highest BCUT2D eigenvalue weighted by Crippen LogP contribution is 2.03. The maximum absolute atomic E-state index is 11.3. The Morgan fingerprint density at radius 1 is 1.32 bits per heavy atom. The van der Waals surface area contributed by atoms with Crippen molar-refractivity contribution >= 4 is 18.1 Å². The molecule has 1 N–H and O–H groups in total. The first-order valence-electron chi connectivity index (χ1n) is 6.17. The smallest absolute Gasteiger partial charge is 0.337 e.